The van der Waals surface area contributed by atoms with Crippen molar-refractivity contribution in [2.75, 3.05) is 0 Å². The molecule has 0 saturated carbocycles. The molecule has 0 atom stereocenters. The smallest absolute Gasteiger partial charge is 0.0971 e. The lowest BCUT2D eigenvalue weighted by Gasteiger charge is -2.20. The van der Waals surface area contributed by atoms with Gasteiger partial charge in [0, 0.05) is 36.8 Å². The Morgan fingerprint density at radius 2 is 1.50 bits per heavy atom. The van der Waals surface area contributed by atoms with Gasteiger partial charge in [-0.2, -0.15) is 0 Å². The summed E-state index contributed by atoms with van der Waals surface area (Å²) < 4.78 is 5.06. The summed E-state index contributed by atoms with van der Waals surface area (Å²) in [7, 11) is 0. The maximum absolute atomic E-state index is 5.24. The van der Waals surface area contributed by atoms with E-state index in [1.54, 1.807) is 0 Å². The molecule has 174 valence electrons. The van der Waals surface area contributed by atoms with Gasteiger partial charge in [0.15, 0.2) is 0 Å². The number of rotatable bonds is 2. The molecule has 7 rings (SSSR count). The summed E-state index contributed by atoms with van der Waals surface area (Å²) in [6.07, 6.45) is 0. The van der Waals surface area contributed by atoms with Crippen molar-refractivity contribution in [3.05, 3.63) is 109 Å². The molecule has 0 bridgehead atoms. The summed E-state index contributed by atoms with van der Waals surface area (Å²) in [6, 6.07) is 37.1. The predicted molar refractivity (Wildman–Crippen MR) is 156 cm³/mol. The number of thiophene rings is 1. The number of aromatic nitrogens is 2. The number of hydrogen-bond acceptors (Lipinski definition) is 2. The Labute approximate surface area is 214 Å². The Morgan fingerprint density at radius 1 is 0.694 bits per heavy atom. The second-order valence-electron chi connectivity index (χ2n) is 10.5. The third kappa shape index (κ3) is 3.20. The van der Waals surface area contributed by atoms with Gasteiger partial charge in [-0.1, -0.05) is 81.4 Å². The van der Waals surface area contributed by atoms with E-state index >= 15 is 0 Å². The summed E-state index contributed by atoms with van der Waals surface area (Å²) in [4.78, 5) is 5.24. The highest BCUT2D eigenvalue weighted by atomic mass is 32.1. The fourth-order valence-corrected chi connectivity index (χ4v) is 6.43. The fraction of sp³-hybridized carbons (Fsp3) is 0.121. The molecule has 7 aromatic rings. The molecule has 0 aliphatic rings. The molecular formula is C33H26N2S. The molecule has 4 aromatic carbocycles. The van der Waals surface area contributed by atoms with Gasteiger partial charge in [-0.3, -0.25) is 0 Å². The van der Waals surface area contributed by atoms with Gasteiger partial charge in [-0.05, 0) is 53.4 Å². The van der Waals surface area contributed by atoms with Gasteiger partial charge < -0.3 is 4.57 Å². The Morgan fingerprint density at radius 3 is 2.33 bits per heavy atom. The largest absolute Gasteiger partial charge is 0.307 e. The van der Waals surface area contributed by atoms with E-state index in [4.69, 9.17) is 4.98 Å². The Hall–Kier alpha value is -3.95. The first-order chi connectivity index (χ1) is 17.5. The molecule has 0 fully saturated rings. The topological polar surface area (TPSA) is 17.8 Å². The number of nitrogens with zero attached hydrogens (tertiary/aromatic N) is 2. The van der Waals surface area contributed by atoms with E-state index in [1.165, 1.54) is 42.3 Å². The van der Waals surface area contributed by atoms with Crippen molar-refractivity contribution < 1.29 is 0 Å². The summed E-state index contributed by atoms with van der Waals surface area (Å²) in [5, 5.41) is 3.82. The highest BCUT2D eigenvalue weighted by Gasteiger charge is 2.21. The maximum atomic E-state index is 5.24. The standard InChI is InChI=1S/C33H26N2S/c1-33(2,3)22-12-9-13-23(20-22)35-27-18-17-26(21-10-5-4-6-11-21)34-31(27)25-16-19-29-30(32(25)35)24-14-7-8-15-28(24)36-29/h4-20H,1-3H3. The van der Waals surface area contributed by atoms with Crippen LogP contribution in [0.3, 0.4) is 0 Å². The molecule has 2 nitrogen and oxygen atoms in total. The van der Waals surface area contributed by atoms with Crippen molar-refractivity contribution in [1.82, 2.24) is 9.55 Å². The van der Waals surface area contributed by atoms with Crippen molar-refractivity contribution in [2.45, 2.75) is 26.2 Å². The predicted octanol–water partition coefficient (Wildman–Crippen LogP) is 9.51. The minimum Gasteiger partial charge on any atom is -0.307 e. The molecular weight excluding hydrogens is 456 g/mol. The molecule has 3 heteroatoms. The van der Waals surface area contributed by atoms with Crippen LogP contribution in [0.15, 0.2) is 103 Å². The van der Waals surface area contributed by atoms with E-state index in [9.17, 15) is 0 Å². The molecule has 0 amide bonds. The van der Waals surface area contributed by atoms with Crippen LogP contribution in [-0.2, 0) is 5.41 Å². The van der Waals surface area contributed by atoms with E-state index in [0.717, 1.165) is 22.3 Å². The monoisotopic (exact) mass is 482 g/mol. The van der Waals surface area contributed by atoms with Crippen molar-refractivity contribution in [3.8, 4) is 16.9 Å². The molecule has 3 aromatic heterocycles. The van der Waals surface area contributed by atoms with Crippen LogP contribution in [0.4, 0.5) is 0 Å². The van der Waals surface area contributed by atoms with E-state index in [-0.39, 0.29) is 5.41 Å². The third-order valence-corrected chi connectivity index (χ3v) is 8.29. The molecule has 0 unspecified atom stereocenters. The van der Waals surface area contributed by atoms with Crippen LogP contribution >= 0.6 is 11.3 Å². The highest BCUT2D eigenvalue weighted by molar-refractivity contribution is 7.26. The Kier molecular flexibility index (Phi) is 4.61. The summed E-state index contributed by atoms with van der Waals surface area (Å²) >= 11 is 1.86. The van der Waals surface area contributed by atoms with E-state index in [1.807, 2.05) is 11.3 Å². The zero-order valence-electron chi connectivity index (χ0n) is 20.6. The first-order valence-electron chi connectivity index (χ1n) is 12.4. The SMILES string of the molecule is CC(C)(C)c1cccc(-n2c3ccc(-c4ccccc4)nc3c3ccc4sc5ccccc5c4c32)c1. The molecule has 36 heavy (non-hydrogen) atoms. The van der Waals surface area contributed by atoms with Crippen LogP contribution in [0.2, 0.25) is 0 Å². The molecule has 0 N–H and O–H groups in total. The van der Waals surface area contributed by atoms with Gasteiger partial charge in [0.2, 0.25) is 0 Å². The molecule has 0 aliphatic carbocycles. The van der Waals surface area contributed by atoms with Crippen LogP contribution in [-0.4, -0.2) is 9.55 Å². The minimum absolute atomic E-state index is 0.0674. The zero-order valence-corrected chi connectivity index (χ0v) is 21.4. The minimum atomic E-state index is 0.0674. The second-order valence-corrected chi connectivity index (χ2v) is 11.6. The summed E-state index contributed by atoms with van der Waals surface area (Å²) in [5.74, 6) is 0. The molecule has 0 aliphatic heterocycles. The van der Waals surface area contributed by atoms with E-state index in [0.29, 0.717) is 0 Å². The Balaban J connectivity index is 1.65. The van der Waals surface area contributed by atoms with Crippen LogP contribution in [0.5, 0.6) is 0 Å². The third-order valence-electron chi connectivity index (χ3n) is 7.15. The van der Waals surface area contributed by atoms with Crippen molar-refractivity contribution in [3.63, 3.8) is 0 Å². The van der Waals surface area contributed by atoms with Gasteiger partial charge in [0.1, 0.15) is 0 Å². The van der Waals surface area contributed by atoms with Crippen LogP contribution < -0.4 is 0 Å². The van der Waals surface area contributed by atoms with Gasteiger partial charge in [-0.15, -0.1) is 11.3 Å². The second kappa shape index (κ2) is 7.78. The lowest BCUT2D eigenvalue weighted by Crippen LogP contribution is -2.11. The number of hydrogen-bond donors (Lipinski definition) is 0. The zero-order chi connectivity index (χ0) is 24.4. The van der Waals surface area contributed by atoms with Crippen LogP contribution in [0.1, 0.15) is 26.3 Å². The molecule has 0 saturated heterocycles. The lowest BCUT2D eigenvalue weighted by atomic mass is 9.87. The van der Waals surface area contributed by atoms with E-state index < -0.39 is 0 Å². The number of fused-ring (bicyclic) bond motifs is 7. The fourth-order valence-electron chi connectivity index (χ4n) is 5.32. The first-order valence-corrected chi connectivity index (χ1v) is 13.2. The van der Waals surface area contributed by atoms with Gasteiger partial charge >= 0.3 is 0 Å². The summed E-state index contributed by atoms with van der Waals surface area (Å²) in [5.41, 5.74) is 8.13. The van der Waals surface area contributed by atoms with Crippen molar-refractivity contribution >= 4 is 53.4 Å². The highest BCUT2D eigenvalue weighted by Crippen LogP contribution is 2.43. The van der Waals surface area contributed by atoms with Crippen LogP contribution in [0.25, 0.3) is 59.1 Å². The average molecular weight is 483 g/mol. The van der Waals surface area contributed by atoms with E-state index in [2.05, 4.69) is 128 Å². The number of benzene rings is 4. The molecule has 3 heterocycles. The molecule has 0 spiro atoms. The van der Waals surface area contributed by atoms with Gasteiger partial charge in [0.25, 0.3) is 0 Å². The maximum Gasteiger partial charge on any atom is 0.0971 e. The lowest BCUT2D eigenvalue weighted by molar-refractivity contribution is 0.590. The average Bonchev–Trinajstić information content (AvgIpc) is 3.44. The van der Waals surface area contributed by atoms with Crippen molar-refractivity contribution in [2.24, 2.45) is 0 Å². The Bertz CT molecular complexity index is 1920. The normalized spacial score (nSPS) is 12.3. The number of pyridine rings is 1. The van der Waals surface area contributed by atoms with Crippen LogP contribution in [0, 0.1) is 0 Å². The molecule has 0 radical (unpaired) electrons. The quantitative estimate of drug-likeness (QED) is 0.240. The van der Waals surface area contributed by atoms with Gasteiger partial charge in [-0.25, -0.2) is 4.98 Å². The first kappa shape index (κ1) is 21.3. The van der Waals surface area contributed by atoms with Crippen molar-refractivity contribution in [1.29, 1.82) is 0 Å². The van der Waals surface area contributed by atoms with Gasteiger partial charge in [0.05, 0.1) is 22.2 Å². The summed E-state index contributed by atoms with van der Waals surface area (Å²) in [6.45, 7) is 6.82.